The fourth-order valence-corrected chi connectivity index (χ4v) is 6.04. The molecule has 1 unspecified atom stereocenters. The van der Waals surface area contributed by atoms with Gasteiger partial charge < -0.3 is 19.1 Å². The minimum Gasteiger partial charge on any atom is -0.494 e. The maximum Gasteiger partial charge on any atom is 0.410 e. The summed E-state index contributed by atoms with van der Waals surface area (Å²) in [7, 11) is -3.43. The third-order valence-electron chi connectivity index (χ3n) is 7.05. The molecule has 0 aromatic heterocycles. The zero-order chi connectivity index (χ0) is 27.1. The highest BCUT2D eigenvalue weighted by molar-refractivity contribution is 7.88. The third-order valence-corrected chi connectivity index (χ3v) is 7.78. The van der Waals surface area contributed by atoms with Gasteiger partial charge in [-0.2, -0.15) is 0 Å². The minimum absolute atomic E-state index is 0.0848. The summed E-state index contributed by atoms with van der Waals surface area (Å²) in [6.07, 6.45) is 8.24. The molecule has 210 valence electrons. The van der Waals surface area contributed by atoms with Gasteiger partial charge in [0, 0.05) is 12.6 Å². The van der Waals surface area contributed by atoms with Crippen molar-refractivity contribution >= 4 is 16.1 Å². The second kappa shape index (κ2) is 13.3. The van der Waals surface area contributed by atoms with Gasteiger partial charge in [0.25, 0.3) is 0 Å². The van der Waals surface area contributed by atoms with Crippen LogP contribution in [-0.2, 0) is 19.5 Å². The number of piperidine rings is 1. The number of carbonyl (C=O) groups is 1. The molecule has 0 bridgehead atoms. The molecule has 1 aliphatic heterocycles. The van der Waals surface area contributed by atoms with Gasteiger partial charge in [-0.15, -0.1) is 0 Å². The van der Waals surface area contributed by atoms with Gasteiger partial charge in [0.2, 0.25) is 10.0 Å². The summed E-state index contributed by atoms with van der Waals surface area (Å²) in [4.78, 5) is 14.6. The molecular formula is C28H46N2O6S. The van der Waals surface area contributed by atoms with E-state index in [2.05, 4.69) is 29.8 Å². The van der Waals surface area contributed by atoms with Crippen molar-refractivity contribution in [3.63, 3.8) is 0 Å². The molecule has 1 heterocycles. The van der Waals surface area contributed by atoms with Crippen LogP contribution in [0.25, 0.3) is 0 Å². The molecule has 2 aliphatic rings. The SMILES string of the molecule is CCCCOc1cccc(C2CCC(OCC3[C@@H](NS(C)(=O)=O)CCCN3C(=O)OC(C)(C)C)CC2)c1. The predicted molar refractivity (Wildman–Crippen MR) is 146 cm³/mol. The minimum atomic E-state index is -3.43. The lowest BCUT2D eigenvalue weighted by Gasteiger charge is -2.42. The maximum absolute atomic E-state index is 13.0. The Morgan fingerprint density at radius 3 is 2.51 bits per heavy atom. The van der Waals surface area contributed by atoms with Crippen LogP contribution in [0.15, 0.2) is 24.3 Å². The van der Waals surface area contributed by atoms with Crippen molar-refractivity contribution in [1.82, 2.24) is 9.62 Å². The second-order valence-electron chi connectivity index (χ2n) is 11.5. The number of benzene rings is 1. The van der Waals surface area contributed by atoms with Crippen molar-refractivity contribution in [2.75, 3.05) is 26.0 Å². The molecule has 1 N–H and O–H groups in total. The molecule has 9 heteroatoms. The van der Waals surface area contributed by atoms with Crippen molar-refractivity contribution in [1.29, 1.82) is 0 Å². The van der Waals surface area contributed by atoms with Crippen LogP contribution in [0.4, 0.5) is 4.79 Å². The van der Waals surface area contributed by atoms with E-state index in [4.69, 9.17) is 14.2 Å². The Hall–Kier alpha value is -1.84. The lowest BCUT2D eigenvalue weighted by molar-refractivity contribution is -0.0390. The first-order valence-corrected chi connectivity index (χ1v) is 15.7. The van der Waals surface area contributed by atoms with Gasteiger partial charge in [-0.1, -0.05) is 25.5 Å². The Balaban J connectivity index is 1.59. The summed E-state index contributed by atoms with van der Waals surface area (Å²) >= 11 is 0. The number of likely N-dealkylation sites (tertiary alicyclic amines) is 1. The van der Waals surface area contributed by atoms with Crippen LogP contribution in [0.1, 0.15) is 90.5 Å². The highest BCUT2D eigenvalue weighted by atomic mass is 32.2. The van der Waals surface area contributed by atoms with Gasteiger partial charge in [0.1, 0.15) is 11.4 Å². The molecule has 1 amide bonds. The lowest BCUT2D eigenvalue weighted by Crippen LogP contribution is -2.59. The largest absolute Gasteiger partial charge is 0.494 e. The molecule has 2 atom stereocenters. The number of rotatable bonds is 10. The number of hydrogen-bond acceptors (Lipinski definition) is 6. The van der Waals surface area contributed by atoms with E-state index in [1.807, 2.05) is 26.8 Å². The first-order valence-electron chi connectivity index (χ1n) is 13.8. The van der Waals surface area contributed by atoms with Gasteiger partial charge in [0.15, 0.2) is 0 Å². The van der Waals surface area contributed by atoms with E-state index in [1.165, 1.54) is 5.56 Å². The van der Waals surface area contributed by atoms with Gasteiger partial charge >= 0.3 is 6.09 Å². The van der Waals surface area contributed by atoms with E-state index in [9.17, 15) is 13.2 Å². The van der Waals surface area contributed by atoms with E-state index in [0.29, 0.717) is 25.3 Å². The zero-order valence-corrected chi connectivity index (χ0v) is 24.0. The summed E-state index contributed by atoms with van der Waals surface area (Å²) < 4.78 is 44.6. The standard InChI is InChI=1S/C28H46N2O6S/c1-6-7-18-34-24-11-8-10-22(19-24)21-13-15-23(16-14-21)35-20-26-25(29-37(5,32)33)12-9-17-30(26)27(31)36-28(2,3)4/h8,10-11,19,21,23,25-26,29H,6-7,9,12-18,20H2,1-5H3/t21?,23?,25-,26?/m0/s1. The van der Waals surface area contributed by atoms with Crippen LogP contribution in [0, 0.1) is 0 Å². The van der Waals surface area contributed by atoms with Crippen LogP contribution < -0.4 is 9.46 Å². The van der Waals surface area contributed by atoms with Crippen LogP contribution in [-0.4, -0.2) is 69.2 Å². The van der Waals surface area contributed by atoms with Crippen molar-refractivity contribution in [3.8, 4) is 5.75 Å². The Morgan fingerprint density at radius 2 is 1.86 bits per heavy atom. The number of carbonyl (C=O) groups excluding carboxylic acids is 1. The van der Waals surface area contributed by atoms with E-state index in [1.54, 1.807) is 4.90 Å². The highest BCUT2D eigenvalue weighted by Gasteiger charge is 2.38. The quantitative estimate of drug-likeness (QED) is 0.410. The summed E-state index contributed by atoms with van der Waals surface area (Å²) in [6.45, 7) is 9.20. The number of unbranched alkanes of at least 4 members (excludes halogenated alkanes) is 1. The summed E-state index contributed by atoms with van der Waals surface area (Å²) in [6, 6.07) is 7.64. The Kier molecular flexibility index (Phi) is 10.7. The van der Waals surface area contributed by atoms with Crippen LogP contribution in [0.5, 0.6) is 5.75 Å². The number of amides is 1. The average molecular weight is 539 g/mol. The smallest absolute Gasteiger partial charge is 0.410 e. The van der Waals surface area contributed by atoms with E-state index in [0.717, 1.165) is 57.1 Å². The molecular weight excluding hydrogens is 492 g/mol. The number of sulfonamides is 1. The monoisotopic (exact) mass is 538 g/mol. The second-order valence-corrected chi connectivity index (χ2v) is 13.2. The fraction of sp³-hybridized carbons (Fsp3) is 0.750. The van der Waals surface area contributed by atoms with Crippen molar-refractivity contribution < 1.29 is 27.4 Å². The average Bonchev–Trinajstić information content (AvgIpc) is 2.82. The van der Waals surface area contributed by atoms with E-state index in [-0.39, 0.29) is 12.7 Å². The Morgan fingerprint density at radius 1 is 1.14 bits per heavy atom. The summed E-state index contributed by atoms with van der Waals surface area (Å²) in [5.41, 5.74) is 0.685. The number of nitrogens with zero attached hydrogens (tertiary/aromatic N) is 1. The first kappa shape index (κ1) is 29.7. The van der Waals surface area contributed by atoms with Gasteiger partial charge in [-0.05, 0) is 89.3 Å². The van der Waals surface area contributed by atoms with Crippen LogP contribution in [0.2, 0.25) is 0 Å². The number of nitrogens with one attached hydrogen (secondary N) is 1. The highest BCUT2D eigenvalue weighted by Crippen LogP contribution is 2.35. The first-order chi connectivity index (χ1) is 17.4. The molecule has 1 aromatic rings. The van der Waals surface area contributed by atoms with Crippen LogP contribution in [0.3, 0.4) is 0 Å². The zero-order valence-electron chi connectivity index (χ0n) is 23.2. The predicted octanol–water partition coefficient (Wildman–Crippen LogP) is 5.23. The van der Waals surface area contributed by atoms with Crippen molar-refractivity contribution in [3.05, 3.63) is 29.8 Å². The molecule has 1 saturated carbocycles. The topological polar surface area (TPSA) is 94.2 Å². The van der Waals surface area contributed by atoms with Gasteiger partial charge in [-0.25, -0.2) is 17.9 Å². The molecule has 0 spiro atoms. The molecule has 1 aromatic carbocycles. The van der Waals surface area contributed by atoms with Crippen LogP contribution >= 0.6 is 0 Å². The molecule has 3 rings (SSSR count). The molecule has 2 fully saturated rings. The Labute approximate surface area is 223 Å². The molecule has 1 saturated heterocycles. The molecule has 0 radical (unpaired) electrons. The summed E-state index contributed by atoms with van der Waals surface area (Å²) in [5.74, 6) is 1.41. The number of hydrogen-bond donors (Lipinski definition) is 1. The normalized spacial score (nSPS) is 25.1. The molecule has 37 heavy (non-hydrogen) atoms. The molecule has 8 nitrogen and oxygen atoms in total. The fourth-order valence-electron chi connectivity index (χ4n) is 5.21. The van der Waals surface area contributed by atoms with Gasteiger partial charge in [-0.3, -0.25) is 0 Å². The lowest BCUT2D eigenvalue weighted by atomic mass is 9.82. The Bertz CT molecular complexity index is 969. The van der Waals surface area contributed by atoms with E-state index >= 15 is 0 Å². The third kappa shape index (κ3) is 9.76. The number of ether oxygens (including phenoxy) is 3. The molecule has 1 aliphatic carbocycles. The summed E-state index contributed by atoms with van der Waals surface area (Å²) in [5, 5.41) is 0. The van der Waals surface area contributed by atoms with Crippen molar-refractivity contribution in [2.45, 2.75) is 109 Å². The maximum atomic E-state index is 13.0. The van der Waals surface area contributed by atoms with E-state index < -0.39 is 33.8 Å². The van der Waals surface area contributed by atoms with Gasteiger partial charge in [0.05, 0.1) is 31.6 Å². The van der Waals surface area contributed by atoms with Crippen molar-refractivity contribution in [2.24, 2.45) is 0 Å².